The molecule has 3 rings (SSSR count). The van der Waals surface area contributed by atoms with Gasteiger partial charge in [0.1, 0.15) is 5.56 Å². The summed E-state index contributed by atoms with van der Waals surface area (Å²) in [4.78, 5) is 17.2. The summed E-state index contributed by atoms with van der Waals surface area (Å²) in [6, 6.07) is 8.36. The van der Waals surface area contributed by atoms with Crippen LogP contribution in [0.5, 0.6) is 0 Å². The standard InChI is InChI=1S/C21H26N4O2/c1-14-8-5-6-9-17(14)12-18-15(2)24-20-19(13-23-25(20)16(18)3)21(26)22-10-7-11-27-4/h5-6,8-9,13H,7,10-12H2,1-4H3,(H,22,26). The number of nitrogens with zero attached hydrogens (tertiary/aromatic N) is 3. The maximum absolute atomic E-state index is 12.5. The zero-order valence-electron chi connectivity index (χ0n) is 16.4. The first-order chi connectivity index (χ1) is 13.0. The quantitative estimate of drug-likeness (QED) is 0.653. The third-order valence-electron chi connectivity index (χ3n) is 4.89. The van der Waals surface area contributed by atoms with E-state index in [0.29, 0.717) is 24.4 Å². The second-order valence-electron chi connectivity index (χ2n) is 6.76. The van der Waals surface area contributed by atoms with Gasteiger partial charge in [-0.05, 0) is 43.9 Å². The number of rotatable bonds is 7. The predicted octanol–water partition coefficient (Wildman–Crippen LogP) is 3.01. The predicted molar refractivity (Wildman–Crippen MR) is 105 cm³/mol. The maximum atomic E-state index is 12.5. The molecule has 0 unspecified atom stereocenters. The van der Waals surface area contributed by atoms with Crippen molar-refractivity contribution in [1.82, 2.24) is 19.9 Å². The summed E-state index contributed by atoms with van der Waals surface area (Å²) in [5.74, 6) is -0.154. The molecule has 6 heteroatoms. The van der Waals surface area contributed by atoms with Crippen LogP contribution in [0.3, 0.4) is 0 Å². The van der Waals surface area contributed by atoms with E-state index >= 15 is 0 Å². The van der Waals surface area contributed by atoms with Crippen molar-refractivity contribution < 1.29 is 9.53 Å². The van der Waals surface area contributed by atoms with E-state index in [4.69, 9.17) is 9.72 Å². The van der Waals surface area contributed by atoms with Gasteiger partial charge in [-0.15, -0.1) is 0 Å². The molecule has 0 spiro atoms. The first-order valence-electron chi connectivity index (χ1n) is 9.18. The Balaban J connectivity index is 1.90. The van der Waals surface area contributed by atoms with Crippen molar-refractivity contribution in [2.45, 2.75) is 33.6 Å². The first-order valence-corrected chi connectivity index (χ1v) is 9.18. The lowest BCUT2D eigenvalue weighted by Gasteiger charge is -2.13. The number of hydrogen-bond acceptors (Lipinski definition) is 4. The van der Waals surface area contributed by atoms with Gasteiger partial charge in [0.25, 0.3) is 5.91 Å². The summed E-state index contributed by atoms with van der Waals surface area (Å²) in [5, 5.41) is 7.32. The molecule has 1 aromatic carbocycles. The largest absolute Gasteiger partial charge is 0.385 e. The molecule has 1 amide bonds. The highest BCUT2D eigenvalue weighted by atomic mass is 16.5. The Kier molecular flexibility index (Phi) is 5.86. The highest BCUT2D eigenvalue weighted by Gasteiger charge is 2.18. The molecular weight excluding hydrogens is 340 g/mol. The van der Waals surface area contributed by atoms with E-state index < -0.39 is 0 Å². The number of ether oxygens (including phenoxy) is 1. The van der Waals surface area contributed by atoms with Gasteiger partial charge in [-0.3, -0.25) is 4.79 Å². The molecule has 0 fully saturated rings. The normalized spacial score (nSPS) is 11.1. The molecule has 3 aromatic rings. The smallest absolute Gasteiger partial charge is 0.256 e. The molecule has 0 bridgehead atoms. The number of carbonyl (C=O) groups excluding carboxylic acids is 1. The van der Waals surface area contributed by atoms with E-state index in [1.807, 2.05) is 19.9 Å². The van der Waals surface area contributed by atoms with Crippen LogP contribution in [0.4, 0.5) is 0 Å². The highest BCUT2D eigenvalue weighted by molar-refractivity contribution is 5.99. The molecular formula is C21H26N4O2. The Labute approximate surface area is 159 Å². The van der Waals surface area contributed by atoms with Crippen molar-refractivity contribution in [2.75, 3.05) is 20.3 Å². The Hall–Kier alpha value is -2.73. The van der Waals surface area contributed by atoms with E-state index in [2.05, 4.69) is 35.5 Å². The molecule has 0 saturated heterocycles. The summed E-state index contributed by atoms with van der Waals surface area (Å²) < 4.78 is 6.77. The van der Waals surface area contributed by atoms with E-state index in [1.54, 1.807) is 17.8 Å². The van der Waals surface area contributed by atoms with Crippen molar-refractivity contribution >= 4 is 11.6 Å². The van der Waals surface area contributed by atoms with Crippen LogP contribution in [0.25, 0.3) is 5.65 Å². The number of carbonyl (C=O) groups is 1. The number of amides is 1. The van der Waals surface area contributed by atoms with Crippen LogP contribution in [-0.2, 0) is 11.2 Å². The molecule has 27 heavy (non-hydrogen) atoms. The van der Waals surface area contributed by atoms with E-state index in [9.17, 15) is 4.79 Å². The summed E-state index contributed by atoms with van der Waals surface area (Å²) in [5.41, 5.74) is 6.72. The van der Waals surface area contributed by atoms with E-state index in [1.165, 1.54) is 11.1 Å². The molecule has 2 aromatic heterocycles. The maximum Gasteiger partial charge on any atom is 0.256 e. The molecule has 142 valence electrons. The number of fused-ring (bicyclic) bond motifs is 1. The third-order valence-corrected chi connectivity index (χ3v) is 4.89. The Morgan fingerprint density at radius 1 is 1.22 bits per heavy atom. The van der Waals surface area contributed by atoms with E-state index in [0.717, 1.165) is 29.8 Å². The van der Waals surface area contributed by atoms with Gasteiger partial charge in [0, 0.05) is 38.1 Å². The van der Waals surface area contributed by atoms with Gasteiger partial charge in [0.15, 0.2) is 5.65 Å². The fourth-order valence-electron chi connectivity index (χ4n) is 3.24. The van der Waals surface area contributed by atoms with Gasteiger partial charge >= 0.3 is 0 Å². The number of benzene rings is 1. The minimum atomic E-state index is -0.154. The monoisotopic (exact) mass is 366 g/mol. The minimum absolute atomic E-state index is 0.154. The first kappa shape index (κ1) is 19.0. The molecule has 0 aliphatic carbocycles. The van der Waals surface area contributed by atoms with Crippen LogP contribution in [-0.4, -0.2) is 40.8 Å². The van der Waals surface area contributed by atoms with Crippen molar-refractivity contribution in [3.8, 4) is 0 Å². The summed E-state index contributed by atoms with van der Waals surface area (Å²) >= 11 is 0. The number of aromatic nitrogens is 3. The average Bonchev–Trinajstić information content (AvgIpc) is 3.07. The van der Waals surface area contributed by atoms with Gasteiger partial charge in [0.2, 0.25) is 0 Å². The highest BCUT2D eigenvalue weighted by Crippen LogP contribution is 2.21. The molecule has 0 aliphatic rings. The molecule has 0 saturated carbocycles. The molecule has 0 radical (unpaired) electrons. The van der Waals surface area contributed by atoms with Crippen LogP contribution < -0.4 is 5.32 Å². The zero-order chi connectivity index (χ0) is 19.4. The minimum Gasteiger partial charge on any atom is -0.385 e. The van der Waals surface area contributed by atoms with Gasteiger partial charge in [-0.1, -0.05) is 24.3 Å². The number of methoxy groups -OCH3 is 1. The number of nitrogens with one attached hydrogen (secondary N) is 1. The fraction of sp³-hybridized carbons (Fsp3) is 0.381. The zero-order valence-corrected chi connectivity index (χ0v) is 16.4. The lowest BCUT2D eigenvalue weighted by Crippen LogP contribution is -2.25. The number of hydrogen-bond donors (Lipinski definition) is 1. The summed E-state index contributed by atoms with van der Waals surface area (Å²) in [6.07, 6.45) is 3.16. The lowest BCUT2D eigenvalue weighted by molar-refractivity contribution is 0.0950. The third kappa shape index (κ3) is 4.01. The van der Waals surface area contributed by atoms with Crippen LogP contribution in [0.2, 0.25) is 0 Å². The molecule has 0 aliphatic heterocycles. The second-order valence-corrected chi connectivity index (χ2v) is 6.76. The Morgan fingerprint density at radius 3 is 2.74 bits per heavy atom. The fourth-order valence-corrected chi connectivity index (χ4v) is 3.24. The van der Waals surface area contributed by atoms with Crippen LogP contribution in [0, 0.1) is 20.8 Å². The van der Waals surface area contributed by atoms with Crippen LogP contribution >= 0.6 is 0 Å². The van der Waals surface area contributed by atoms with Gasteiger partial charge in [0.05, 0.1) is 6.20 Å². The second kappa shape index (κ2) is 8.31. The average molecular weight is 366 g/mol. The van der Waals surface area contributed by atoms with E-state index in [-0.39, 0.29) is 5.91 Å². The molecule has 2 heterocycles. The Bertz CT molecular complexity index is 962. The SMILES string of the molecule is COCCCNC(=O)c1cnn2c(C)c(Cc3ccccc3C)c(C)nc12. The number of aryl methyl sites for hydroxylation is 3. The van der Waals surface area contributed by atoms with Gasteiger partial charge in [-0.25, -0.2) is 9.50 Å². The lowest BCUT2D eigenvalue weighted by atomic mass is 9.99. The van der Waals surface area contributed by atoms with Crippen LogP contribution in [0.1, 0.15) is 44.9 Å². The Morgan fingerprint density at radius 2 is 2.00 bits per heavy atom. The van der Waals surface area contributed by atoms with Gasteiger partial charge in [-0.2, -0.15) is 5.10 Å². The molecule has 6 nitrogen and oxygen atoms in total. The van der Waals surface area contributed by atoms with Crippen molar-refractivity contribution in [3.63, 3.8) is 0 Å². The molecule has 1 N–H and O–H groups in total. The van der Waals surface area contributed by atoms with Crippen molar-refractivity contribution in [3.05, 3.63) is 64.1 Å². The topological polar surface area (TPSA) is 68.5 Å². The van der Waals surface area contributed by atoms with Gasteiger partial charge < -0.3 is 10.1 Å². The summed E-state index contributed by atoms with van der Waals surface area (Å²) in [7, 11) is 1.65. The van der Waals surface area contributed by atoms with Crippen LogP contribution in [0.15, 0.2) is 30.5 Å². The summed E-state index contributed by atoms with van der Waals surface area (Å²) in [6.45, 7) is 7.32. The van der Waals surface area contributed by atoms with Crippen molar-refractivity contribution in [1.29, 1.82) is 0 Å². The van der Waals surface area contributed by atoms with Crippen molar-refractivity contribution in [2.24, 2.45) is 0 Å². The molecule has 0 atom stereocenters.